The lowest BCUT2D eigenvalue weighted by molar-refractivity contribution is -0.192. The van der Waals surface area contributed by atoms with Gasteiger partial charge in [-0.05, 0) is 106 Å². The molecule has 7 heterocycles. The fourth-order valence-electron chi connectivity index (χ4n) is 9.68. The van der Waals surface area contributed by atoms with E-state index in [0.717, 1.165) is 66.4 Å². The van der Waals surface area contributed by atoms with Crippen molar-refractivity contribution in [1.29, 1.82) is 0 Å². The summed E-state index contributed by atoms with van der Waals surface area (Å²) < 4.78 is 46.3. The van der Waals surface area contributed by atoms with Crippen LogP contribution in [0.25, 0.3) is 21.8 Å². The number of carboxylic acid groups (broad SMARTS) is 1. The van der Waals surface area contributed by atoms with Crippen LogP contribution in [-0.4, -0.2) is 147 Å². The number of piperidine rings is 2. The number of nitrogens with one attached hydrogen (secondary N) is 1. The van der Waals surface area contributed by atoms with Crippen molar-refractivity contribution >= 4 is 51.7 Å². The van der Waals surface area contributed by atoms with Gasteiger partial charge in [0.15, 0.2) is 13.5 Å². The predicted octanol–water partition coefficient (Wildman–Crippen LogP) is 5.66. The van der Waals surface area contributed by atoms with Gasteiger partial charge in [0.25, 0.3) is 5.56 Å². The van der Waals surface area contributed by atoms with Crippen molar-refractivity contribution in [1.82, 2.24) is 39.3 Å². The smallest absolute Gasteiger partial charge is 0.475 e. The highest BCUT2D eigenvalue weighted by Gasteiger charge is 2.38. The molecule has 3 atom stereocenters. The molecule has 70 heavy (non-hydrogen) atoms. The van der Waals surface area contributed by atoms with Crippen LogP contribution < -0.4 is 10.9 Å². The first-order valence-electron chi connectivity index (χ1n) is 24.0. The van der Waals surface area contributed by atoms with Crippen LogP contribution in [0.2, 0.25) is 0 Å². The third-order valence-corrected chi connectivity index (χ3v) is 13.9. The zero-order chi connectivity index (χ0) is 50.3. The highest BCUT2D eigenvalue weighted by Crippen LogP contribution is 2.29. The van der Waals surface area contributed by atoms with Gasteiger partial charge < -0.3 is 34.6 Å². The first kappa shape index (κ1) is 51.6. The molecule has 17 nitrogen and oxygen atoms in total. The Labute approximate surface area is 404 Å². The summed E-state index contributed by atoms with van der Waals surface area (Å²) in [5.41, 5.74) is 3.64. The van der Waals surface area contributed by atoms with Crippen LogP contribution in [0.1, 0.15) is 75.0 Å². The van der Waals surface area contributed by atoms with E-state index in [9.17, 15) is 37.1 Å². The monoisotopic (exact) mass is 976 g/mol. The number of carbonyl (C=O) groups excluding carboxylic acids is 4. The Bertz CT molecular complexity index is 2630. The van der Waals surface area contributed by atoms with Crippen molar-refractivity contribution in [2.24, 2.45) is 11.8 Å². The van der Waals surface area contributed by atoms with Crippen LogP contribution in [0.15, 0.2) is 65.6 Å². The van der Waals surface area contributed by atoms with E-state index in [1.54, 1.807) is 23.4 Å². The van der Waals surface area contributed by atoms with Gasteiger partial charge in [0.1, 0.15) is 6.04 Å². The van der Waals surface area contributed by atoms with Gasteiger partial charge in [-0.15, -0.1) is 0 Å². The lowest BCUT2D eigenvalue weighted by Crippen LogP contribution is -2.59. The summed E-state index contributed by atoms with van der Waals surface area (Å²) in [7, 11) is 2.17. The molecule has 0 saturated carbocycles. The van der Waals surface area contributed by atoms with Gasteiger partial charge >= 0.3 is 30.1 Å². The number of hydrogen-bond acceptors (Lipinski definition) is 11. The topological polar surface area (TPSA) is 189 Å². The van der Waals surface area contributed by atoms with E-state index < -0.39 is 36.0 Å². The van der Waals surface area contributed by atoms with Gasteiger partial charge in [-0.3, -0.25) is 28.6 Å². The first-order chi connectivity index (χ1) is 33.4. The second-order valence-corrected chi connectivity index (χ2v) is 19.0. The van der Waals surface area contributed by atoms with Crippen LogP contribution in [0.4, 0.5) is 18.0 Å². The minimum absolute atomic E-state index is 0.0576. The number of hydrogen-bond donors (Lipinski definition) is 2. The van der Waals surface area contributed by atoms with Crippen molar-refractivity contribution in [3.8, 4) is 0 Å². The van der Waals surface area contributed by atoms with E-state index in [1.165, 1.54) is 4.57 Å². The van der Waals surface area contributed by atoms with Crippen LogP contribution in [0, 0.1) is 18.8 Å². The number of aryl methyl sites for hydroxylation is 1. The quantitative estimate of drug-likeness (QED) is 0.186. The number of alkyl halides is 3. The fraction of sp³-hybridized carbons (Fsp3) is 0.540. The molecule has 0 radical (unpaired) electrons. The summed E-state index contributed by atoms with van der Waals surface area (Å²) in [6.45, 7) is 11.0. The Morgan fingerprint density at radius 1 is 0.800 bits per heavy atom. The molecule has 3 unspecified atom stereocenters. The summed E-state index contributed by atoms with van der Waals surface area (Å²) in [5.74, 6) is -4.66. The molecule has 7 bridgehead atoms. The third-order valence-electron chi connectivity index (χ3n) is 13.9. The Balaban J connectivity index is 0.000000959. The highest BCUT2D eigenvalue weighted by atomic mass is 19.4. The number of aliphatic carboxylic acids is 1. The Morgan fingerprint density at radius 2 is 1.41 bits per heavy atom. The number of likely N-dealkylation sites (tertiary alicyclic amines) is 1. The van der Waals surface area contributed by atoms with E-state index in [-0.39, 0.29) is 49.3 Å². The number of ether oxygens (including phenoxy) is 2. The molecular weight excluding hydrogens is 914 g/mol. The van der Waals surface area contributed by atoms with Crippen molar-refractivity contribution in [3.63, 3.8) is 0 Å². The second-order valence-electron chi connectivity index (χ2n) is 19.0. The number of amides is 3. The van der Waals surface area contributed by atoms with Crippen LogP contribution >= 0.6 is 0 Å². The van der Waals surface area contributed by atoms with Crippen molar-refractivity contribution < 1.29 is 51.7 Å². The predicted molar refractivity (Wildman–Crippen MR) is 253 cm³/mol. The Hall–Kier alpha value is -6.28. The second kappa shape index (κ2) is 22.6. The molecular formula is C50H63F3N8O9. The van der Waals surface area contributed by atoms with Crippen molar-refractivity contribution in [2.45, 2.75) is 103 Å². The Morgan fingerprint density at radius 3 is 2.04 bits per heavy atom. The number of esters is 2. The SMILES string of the molecule is Cc1cc2cc3cn(nc13)COC(=O)C(C)C/C=C\CC(C)C(=O)OCn1c(=O)c(cc3ccccc31)C1CCN(CC1)C(=O)NC(C(=O)N1CCN(C3CCN(C)CC3)CC1)C2.O=C(O)C(F)(F)F. The first-order valence-corrected chi connectivity index (χ1v) is 24.0. The molecule has 378 valence electrons. The zero-order valence-corrected chi connectivity index (χ0v) is 40.2. The molecule has 5 aliphatic heterocycles. The average molecular weight is 977 g/mol. The van der Waals surface area contributed by atoms with E-state index >= 15 is 0 Å². The van der Waals surface area contributed by atoms with Crippen LogP contribution in [0.5, 0.6) is 0 Å². The standard InChI is InChI=1S/C48H62N8O7.C2HF3O2/c1-32-9-5-6-10-33(2)47(60)63-31-56-42-12-8-7-11-37(42)28-40(44(56)57)36-13-19-54(20-14-36)48(61)49-41(45(58)53-23-21-52(22-24-53)39-15-17-51(4)18-16-39)27-35-25-34(3)43-38(26-35)29-55(50-43)30-62-46(32)59;3-2(4,5)1(6)7/h5-8,11-12,25-26,28-29,32-33,36,39,41H,9-10,13-24,27,30-31H2,1-4H3,(H,49,61);(H,6,7)/b6-5-;. The summed E-state index contributed by atoms with van der Waals surface area (Å²) in [6.07, 6.45) is 5.02. The average Bonchev–Trinajstić information content (AvgIpc) is 3.77. The molecule has 2 aromatic heterocycles. The number of piperazine rings is 1. The number of rotatable bonds is 2. The molecule has 9 rings (SSSR count). The highest BCUT2D eigenvalue weighted by molar-refractivity contribution is 5.88. The van der Waals surface area contributed by atoms with E-state index in [1.807, 2.05) is 72.6 Å². The van der Waals surface area contributed by atoms with Crippen LogP contribution in [-0.2, 0) is 48.5 Å². The lowest BCUT2D eigenvalue weighted by atomic mass is 9.89. The molecule has 0 aliphatic carbocycles. The minimum Gasteiger partial charge on any atom is -0.475 e. The number of carboxylic acids is 1. The number of aromatic nitrogens is 3. The van der Waals surface area contributed by atoms with E-state index in [0.29, 0.717) is 69.0 Å². The molecule has 3 fully saturated rings. The fourth-order valence-corrected chi connectivity index (χ4v) is 9.68. The molecule has 5 aliphatic rings. The third kappa shape index (κ3) is 12.7. The molecule has 0 spiro atoms. The van der Waals surface area contributed by atoms with E-state index in [2.05, 4.69) is 22.2 Å². The number of carbonyl (C=O) groups is 5. The zero-order valence-electron chi connectivity index (χ0n) is 40.2. The van der Waals surface area contributed by atoms with Crippen molar-refractivity contribution in [3.05, 3.63) is 87.9 Å². The molecule has 3 saturated heterocycles. The Kier molecular flexibility index (Phi) is 16.7. The maximum Gasteiger partial charge on any atom is 0.490 e. The lowest BCUT2D eigenvalue weighted by Gasteiger charge is -2.43. The number of para-hydroxylation sites is 1. The maximum atomic E-state index is 14.5. The minimum atomic E-state index is -5.08. The summed E-state index contributed by atoms with van der Waals surface area (Å²) >= 11 is 0. The summed E-state index contributed by atoms with van der Waals surface area (Å²) in [4.78, 5) is 86.5. The van der Waals surface area contributed by atoms with E-state index in [4.69, 9.17) is 24.5 Å². The van der Waals surface area contributed by atoms with Crippen LogP contribution in [0.3, 0.4) is 0 Å². The van der Waals surface area contributed by atoms with Gasteiger partial charge in [0, 0.05) is 68.9 Å². The number of benzene rings is 2. The number of pyridine rings is 1. The maximum absolute atomic E-state index is 14.5. The molecule has 4 aromatic rings. The van der Waals surface area contributed by atoms with Crippen molar-refractivity contribution in [2.75, 3.05) is 59.4 Å². The van der Waals surface area contributed by atoms with Gasteiger partial charge in [-0.25, -0.2) is 14.3 Å². The van der Waals surface area contributed by atoms with Gasteiger partial charge in [-0.2, -0.15) is 18.3 Å². The molecule has 2 N–H and O–H groups in total. The summed E-state index contributed by atoms with van der Waals surface area (Å²) in [5, 5.41) is 16.7. The molecule has 2 aromatic carbocycles. The molecule has 20 heteroatoms. The summed E-state index contributed by atoms with van der Waals surface area (Å²) in [6, 6.07) is 12.9. The number of halogens is 3. The number of fused-ring (bicyclic) bond motifs is 16. The molecule has 3 amide bonds. The normalized spacial score (nSPS) is 23.8. The number of urea groups is 1. The van der Waals surface area contributed by atoms with Gasteiger partial charge in [0.05, 0.1) is 22.9 Å². The van der Waals surface area contributed by atoms with Gasteiger partial charge in [0.2, 0.25) is 5.91 Å². The number of nitrogens with zero attached hydrogens (tertiary/aromatic N) is 7. The van der Waals surface area contributed by atoms with Gasteiger partial charge in [-0.1, -0.05) is 50.3 Å². The largest absolute Gasteiger partial charge is 0.490 e. The number of allylic oxidation sites excluding steroid dienone is 2.